The minimum atomic E-state index is -0.330. The molecule has 6 nitrogen and oxygen atoms in total. The second-order valence-corrected chi connectivity index (χ2v) is 6.10. The smallest absolute Gasteiger partial charge is 0.257 e. The van der Waals surface area contributed by atoms with Crippen LogP contribution >= 0.6 is 15.9 Å². The molecule has 0 spiro atoms. The molecular weight excluding hydrogens is 402 g/mol. The molecule has 2 aromatic carbocycles. The van der Waals surface area contributed by atoms with Gasteiger partial charge in [0.05, 0.1) is 43.7 Å². The predicted molar refractivity (Wildman–Crippen MR) is 104 cm³/mol. The summed E-state index contributed by atoms with van der Waals surface area (Å²) in [6, 6.07) is 8.88. The molecule has 0 aliphatic heterocycles. The van der Waals surface area contributed by atoms with Crippen molar-refractivity contribution in [1.82, 2.24) is 0 Å². The molecule has 7 heteroatoms. The highest BCUT2D eigenvalue weighted by Gasteiger charge is 2.23. The molecule has 0 atom stereocenters. The SMILES string of the molecule is CCCOc1ccccc1NC(=O)c1cc(OC)c(OC)c(OC)c1Br. The first-order valence-corrected chi connectivity index (χ1v) is 8.88. The van der Waals surface area contributed by atoms with Crippen LogP contribution in [0.4, 0.5) is 5.69 Å². The monoisotopic (exact) mass is 423 g/mol. The fourth-order valence-corrected chi connectivity index (χ4v) is 3.02. The predicted octanol–water partition coefficient (Wildman–Crippen LogP) is 4.52. The molecule has 0 aromatic heterocycles. The number of methoxy groups -OCH3 is 3. The molecule has 0 saturated heterocycles. The summed E-state index contributed by atoms with van der Waals surface area (Å²) >= 11 is 3.42. The van der Waals surface area contributed by atoms with E-state index in [4.69, 9.17) is 18.9 Å². The largest absolute Gasteiger partial charge is 0.493 e. The molecule has 0 fully saturated rings. The Morgan fingerprint density at radius 2 is 1.73 bits per heavy atom. The standard InChI is InChI=1S/C19H22BrNO5/c1-5-10-26-14-9-7-6-8-13(14)21-19(22)12-11-15(23-2)17(24-3)18(25-4)16(12)20/h6-9,11H,5,10H2,1-4H3,(H,21,22). The Bertz CT molecular complexity index is 779. The van der Waals surface area contributed by atoms with Gasteiger partial charge < -0.3 is 24.3 Å². The van der Waals surface area contributed by atoms with E-state index < -0.39 is 0 Å². The van der Waals surface area contributed by atoms with Gasteiger partial charge in [0.2, 0.25) is 5.75 Å². The van der Waals surface area contributed by atoms with Gasteiger partial charge >= 0.3 is 0 Å². The van der Waals surface area contributed by atoms with E-state index in [1.807, 2.05) is 25.1 Å². The van der Waals surface area contributed by atoms with E-state index >= 15 is 0 Å². The summed E-state index contributed by atoms with van der Waals surface area (Å²) in [6.45, 7) is 2.59. The van der Waals surface area contributed by atoms with Crippen LogP contribution in [0.2, 0.25) is 0 Å². The average Bonchev–Trinajstić information content (AvgIpc) is 2.66. The first kappa shape index (κ1) is 19.9. The van der Waals surface area contributed by atoms with Gasteiger partial charge in [-0.05, 0) is 40.5 Å². The average molecular weight is 424 g/mol. The Hall–Kier alpha value is -2.41. The van der Waals surface area contributed by atoms with Gasteiger partial charge in [-0.1, -0.05) is 19.1 Å². The van der Waals surface area contributed by atoms with Crippen molar-refractivity contribution in [3.63, 3.8) is 0 Å². The number of rotatable bonds is 8. The van der Waals surface area contributed by atoms with Crippen LogP contribution in [-0.2, 0) is 0 Å². The van der Waals surface area contributed by atoms with E-state index in [0.29, 0.717) is 45.3 Å². The Morgan fingerprint density at radius 1 is 1.04 bits per heavy atom. The van der Waals surface area contributed by atoms with E-state index in [1.54, 1.807) is 12.1 Å². The number of hydrogen-bond acceptors (Lipinski definition) is 5. The first-order chi connectivity index (χ1) is 12.6. The third-order valence-electron chi connectivity index (χ3n) is 3.61. The zero-order valence-electron chi connectivity index (χ0n) is 15.2. The number of anilines is 1. The maximum Gasteiger partial charge on any atom is 0.257 e. The molecular formula is C19H22BrNO5. The van der Waals surface area contributed by atoms with Gasteiger partial charge in [-0.25, -0.2) is 0 Å². The zero-order chi connectivity index (χ0) is 19.1. The van der Waals surface area contributed by atoms with E-state index in [1.165, 1.54) is 21.3 Å². The lowest BCUT2D eigenvalue weighted by Gasteiger charge is -2.17. The van der Waals surface area contributed by atoms with Crippen LogP contribution in [0.1, 0.15) is 23.7 Å². The van der Waals surface area contributed by atoms with Gasteiger partial charge in [0.25, 0.3) is 5.91 Å². The lowest BCUT2D eigenvalue weighted by atomic mass is 10.1. The molecule has 1 N–H and O–H groups in total. The van der Waals surface area contributed by atoms with E-state index in [0.717, 1.165) is 6.42 Å². The Morgan fingerprint density at radius 3 is 2.35 bits per heavy atom. The maximum atomic E-state index is 12.8. The van der Waals surface area contributed by atoms with Crippen molar-refractivity contribution >= 4 is 27.5 Å². The summed E-state index contributed by atoms with van der Waals surface area (Å²) in [6.07, 6.45) is 0.876. The lowest BCUT2D eigenvalue weighted by molar-refractivity contribution is 0.102. The second kappa shape index (κ2) is 9.33. The third kappa shape index (κ3) is 4.22. The zero-order valence-corrected chi connectivity index (χ0v) is 16.8. The summed E-state index contributed by atoms with van der Waals surface area (Å²) in [4.78, 5) is 12.8. The van der Waals surface area contributed by atoms with Crippen LogP contribution in [-0.4, -0.2) is 33.8 Å². The molecule has 26 heavy (non-hydrogen) atoms. The first-order valence-electron chi connectivity index (χ1n) is 8.08. The maximum absolute atomic E-state index is 12.8. The molecule has 0 saturated carbocycles. The molecule has 0 unspecified atom stereocenters. The highest BCUT2D eigenvalue weighted by Crippen LogP contribution is 2.45. The van der Waals surface area contributed by atoms with Crippen molar-refractivity contribution in [2.75, 3.05) is 33.3 Å². The minimum Gasteiger partial charge on any atom is -0.493 e. The molecule has 0 aliphatic carbocycles. The Balaban J connectivity index is 2.39. The lowest BCUT2D eigenvalue weighted by Crippen LogP contribution is -2.14. The molecule has 0 radical (unpaired) electrons. The van der Waals surface area contributed by atoms with Crippen molar-refractivity contribution in [2.24, 2.45) is 0 Å². The van der Waals surface area contributed by atoms with Gasteiger partial charge in [0.15, 0.2) is 11.5 Å². The Labute approximate surface area is 161 Å². The van der Waals surface area contributed by atoms with Gasteiger partial charge in [-0.2, -0.15) is 0 Å². The molecule has 1 amide bonds. The van der Waals surface area contributed by atoms with Crippen LogP contribution in [0.15, 0.2) is 34.8 Å². The highest BCUT2D eigenvalue weighted by molar-refractivity contribution is 9.10. The number of carbonyl (C=O) groups excluding carboxylic acids is 1. The topological polar surface area (TPSA) is 66.0 Å². The van der Waals surface area contributed by atoms with Gasteiger partial charge in [0.1, 0.15) is 5.75 Å². The van der Waals surface area contributed by atoms with Crippen LogP contribution in [0.25, 0.3) is 0 Å². The van der Waals surface area contributed by atoms with Crippen molar-refractivity contribution < 1.29 is 23.7 Å². The molecule has 2 aromatic rings. The van der Waals surface area contributed by atoms with Crippen molar-refractivity contribution in [3.05, 3.63) is 40.4 Å². The van der Waals surface area contributed by atoms with E-state index in [-0.39, 0.29) is 5.91 Å². The fourth-order valence-electron chi connectivity index (χ4n) is 2.38. The van der Waals surface area contributed by atoms with E-state index in [2.05, 4.69) is 21.2 Å². The fraction of sp³-hybridized carbons (Fsp3) is 0.316. The Kier molecular flexibility index (Phi) is 7.15. The van der Waals surface area contributed by atoms with Crippen molar-refractivity contribution in [2.45, 2.75) is 13.3 Å². The molecule has 0 heterocycles. The number of ether oxygens (including phenoxy) is 4. The molecule has 140 valence electrons. The van der Waals surface area contributed by atoms with Crippen LogP contribution in [0.3, 0.4) is 0 Å². The molecule has 2 rings (SSSR count). The van der Waals surface area contributed by atoms with Crippen LogP contribution in [0.5, 0.6) is 23.0 Å². The number of halogens is 1. The summed E-state index contributed by atoms with van der Waals surface area (Å²) in [5.74, 6) is 1.47. The molecule has 0 aliphatic rings. The number of nitrogens with one attached hydrogen (secondary N) is 1. The number of benzene rings is 2. The normalized spacial score (nSPS) is 10.2. The third-order valence-corrected chi connectivity index (χ3v) is 4.40. The van der Waals surface area contributed by atoms with Crippen LogP contribution in [0, 0.1) is 0 Å². The van der Waals surface area contributed by atoms with Crippen molar-refractivity contribution in [3.8, 4) is 23.0 Å². The van der Waals surface area contributed by atoms with Crippen LogP contribution < -0.4 is 24.3 Å². The van der Waals surface area contributed by atoms with Gasteiger partial charge in [-0.15, -0.1) is 0 Å². The second-order valence-electron chi connectivity index (χ2n) is 5.31. The summed E-state index contributed by atoms with van der Waals surface area (Å²) in [5.41, 5.74) is 0.941. The van der Waals surface area contributed by atoms with Gasteiger partial charge in [-0.3, -0.25) is 4.79 Å². The number of carbonyl (C=O) groups is 1. The van der Waals surface area contributed by atoms with E-state index in [9.17, 15) is 4.79 Å². The number of amides is 1. The number of para-hydroxylation sites is 2. The quantitative estimate of drug-likeness (QED) is 0.675. The summed E-state index contributed by atoms with van der Waals surface area (Å²) < 4.78 is 22.2. The number of hydrogen-bond donors (Lipinski definition) is 1. The minimum absolute atomic E-state index is 0.330. The highest BCUT2D eigenvalue weighted by atomic mass is 79.9. The summed E-state index contributed by atoms with van der Waals surface area (Å²) in [5, 5.41) is 2.87. The van der Waals surface area contributed by atoms with Crippen molar-refractivity contribution in [1.29, 1.82) is 0 Å². The van der Waals surface area contributed by atoms with Gasteiger partial charge in [0, 0.05) is 0 Å². The summed E-state index contributed by atoms with van der Waals surface area (Å²) in [7, 11) is 4.51. The molecule has 0 bridgehead atoms.